The van der Waals surface area contributed by atoms with Gasteiger partial charge in [-0.15, -0.1) is 0 Å². The van der Waals surface area contributed by atoms with Gasteiger partial charge in [0.25, 0.3) is 0 Å². The van der Waals surface area contributed by atoms with Gasteiger partial charge in [-0.3, -0.25) is 4.68 Å². The third-order valence-corrected chi connectivity index (χ3v) is 2.91. The average Bonchev–Trinajstić information content (AvgIpc) is 2.46. The molecular formula is C10H11BrN2O. The summed E-state index contributed by atoms with van der Waals surface area (Å²) in [6, 6.07) is 5.90. The van der Waals surface area contributed by atoms with Gasteiger partial charge < -0.3 is 5.11 Å². The van der Waals surface area contributed by atoms with Crippen molar-refractivity contribution in [1.29, 1.82) is 0 Å². The molecule has 0 aliphatic heterocycles. The molecule has 1 heterocycles. The smallest absolute Gasteiger partial charge is 0.0996 e. The minimum atomic E-state index is -0.544. The van der Waals surface area contributed by atoms with Crippen molar-refractivity contribution in [3.05, 3.63) is 28.4 Å². The van der Waals surface area contributed by atoms with Crippen LogP contribution in [0.2, 0.25) is 0 Å². The van der Waals surface area contributed by atoms with Gasteiger partial charge in [0, 0.05) is 16.9 Å². The second kappa shape index (κ2) is 3.37. The zero-order chi connectivity index (χ0) is 10.3. The zero-order valence-electron chi connectivity index (χ0n) is 8.03. The predicted octanol–water partition coefficient (Wildman–Crippen LogP) is 2.39. The van der Waals surface area contributed by atoms with E-state index in [9.17, 15) is 5.11 Å². The van der Waals surface area contributed by atoms with E-state index in [0.717, 1.165) is 21.1 Å². The van der Waals surface area contributed by atoms with Crippen LogP contribution in [0.15, 0.2) is 22.7 Å². The average molecular weight is 255 g/mol. The SMILES string of the molecule is CC(O)c1nn(C)c2cccc(Br)c12. The molecule has 2 rings (SSSR count). The maximum absolute atomic E-state index is 9.56. The Balaban J connectivity index is 2.86. The molecule has 0 aliphatic rings. The fourth-order valence-corrected chi connectivity index (χ4v) is 2.15. The molecule has 74 valence electrons. The highest BCUT2D eigenvalue weighted by Crippen LogP contribution is 2.29. The Bertz CT molecular complexity index is 476. The molecule has 0 saturated heterocycles. The van der Waals surface area contributed by atoms with E-state index in [1.54, 1.807) is 11.6 Å². The molecule has 0 fully saturated rings. The molecule has 0 spiro atoms. The molecule has 1 N–H and O–H groups in total. The van der Waals surface area contributed by atoms with Crippen molar-refractivity contribution in [2.24, 2.45) is 7.05 Å². The Kier molecular flexibility index (Phi) is 2.33. The predicted molar refractivity (Wildman–Crippen MR) is 59.0 cm³/mol. The van der Waals surface area contributed by atoms with Crippen LogP contribution in [-0.4, -0.2) is 14.9 Å². The van der Waals surface area contributed by atoms with E-state index in [4.69, 9.17) is 0 Å². The van der Waals surface area contributed by atoms with Crippen LogP contribution in [0.3, 0.4) is 0 Å². The molecule has 1 aromatic carbocycles. The van der Waals surface area contributed by atoms with Crippen molar-refractivity contribution in [1.82, 2.24) is 9.78 Å². The topological polar surface area (TPSA) is 38.1 Å². The standard InChI is InChI=1S/C10H11BrN2O/c1-6(14)10-9-7(11)4-3-5-8(9)13(2)12-10/h3-6,14H,1-2H3. The fourth-order valence-electron chi connectivity index (χ4n) is 1.59. The third kappa shape index (κ3) is 1.35. The highest BCUT2D eigenvalue weighted by atomic mass is 79.9. The molecule has 1 unspecified atom stereocenters. The molecule has 0 radical (unpaired) electrons. The number of hydrogen-bond donors (Lipinski definition) is 1. The van der Waals surface area contributed by atoms with Gasteiger partial charge in [0.15, 0.2) is 0 Å². The summed E-state index contributed by atoms with van der Waals surface area (Å²) in [4.78, 5) is 0. The number of aliphatic hydroxyl groups excluding tert-OH is 1. The van der Waals surface area contributed by atoms with Crippen LogP contribution >= 0.6 is 15.9 Å². The fraction of sp³-hybridized carbons (Fsp3) is 0.300. The summed E-state index contributed by atoms with van der Waals surface area (Å²) >= 11 is 3.46. The maximum atomic E-state index is 9.56. The lowest BCUT2D eigenvalue weighted by Gasteiger charge is -2.00. The summed E-state index contributed by atoms with van der Waals surface area (Å²) in [6.45, 7) is 1.72. The zero-order valence-corrected chi connectivity index (χ0v) is 9.62. The Morgan fingerprint density at radius 1 is 1.50 bits per heavy atom. The van der Waals surface area contributed by atoms with Gasteiger partial charge in [-0.25, -0.2) is 0 Å². The van der Waals surface area contributed by atoms with Crippen molar-refractivity contribution in [2.75, 3.05) is 0 Å². The first-order chi connectivity index (χ1) is 6.61. The highest BCUT2D eigenvalue weighted by molar-refractivity contribution is 9.10. The minimum Gasteiger partial charge on any atom is -0.387 e. The Labute approximate surface area is 90.5 Å². The van der Waals surface area contributed by atoms with Gasteiger partial charge in [0.05, 0.1) is 17.3 Å². The summed E-state index contributed by atoms with van der Waals surface area (Å²) in [5, 5.41) is 14.8. The van der Waals surface area contributed by atoms with E-state index >= 15 is 0 Å². The second-order valence-electron chi connectivity index (χ2n) is 3.32. The van der Waals surface area contributed by atoms with Crippen LogP contribution in [0.5, 0.6) is 0 Å². The molecule has 0 bridgehead atoms. The molecule has 1 atom stereocenters. The molecule has 4 heteroatoms. The van der Waals surface area contributed by atoms with E-state index in [1.165, 1.54) is 0 Å². The van der Waals surface area contributed by atoms with Crippen molar-refractivity contribution in [2.45, 2.75) is 13.0 Å². The van der Waals surface area contributed by atoms with Crippen LogP contribution < -0.4 is 0 Å². The van der Waals surface area contributed by atoms with Crippen LogP contribution in [0, 0.1) is 0 Å². The van der Waals surface area contributed by atoms with Crippen molar-refractivity contribution in [3.63, 3.8) is 0 Å². The summed E-state index contributed by atoms with van der Waals surface area (Å²) in [5.74, 6) is 0. The van der Waals surface area contributed by atoms with E-state index in [-0.39, 0.29) is 0 Å². The molecule has 2 aromatic rings. The van der Waals surface area contributed by atoms with Crippen molar-refractivity contribution < 1.29 is 5.11 Å². The number of benzene rings is 1. The summed E-state index contributed by atoms with van der Waals surface area (Å²) in [6.07, 6.45) is -0.544. The van der Waals surface area contributed by atoms with E-state index in [1.807, 2.05) is 25.2 Å². The van der Waals surface area contributed by atoms with Crippen LogP contribution in [0.1, 0.15) is 18.7 Å². The molecule has 0 amide bonds. The normalized spacial score (nSPS) is 13.4. The van der Waals surface area contributed by atoms with Gasteiger partial charge in [-0.05, 0) is 19.1 Å². The summed E-state index contributed by atoms with van der Waals surface area (Å²) in [7, 11) is 1.88. The Morgan fingerprint density at radius 2 is 2.21 bits per heavy atom. The molecule has 3 nitrogen and oxygen atoms in total. The van der Waals surface area contributed by atoms with E-state index < -0.39 is 6.10 Å². The number of aryl methyl sites for hydroxylation is 1. The quantitative estimate of drug-likeness (QED) is 0.849. The number of aliphatic hydroxyl groups is 1. The van der Waals surface area contributed by atoms with Gasteiger partial charge >= 0.3 is 0 Å². The minimum absolute atomic E-state index is 0.544. The molecule has 0 aliphatic carbocycles. The Hall–Kier alpha value is -0.870. The largest absolute Gasteiger partial charge is 0.387 e. The lowest BCUT2D eigenvalue weighted by molar-refractivity contribution is 0.195. The van der Waals surface area contributed by atoms with Crippen LogP contribution in [0.4, 0.5) is 0 Å². The molecule has 14 heavy (non-hydrogen) atoms. The van der Waals surface area contributed by atoms with Gasteiger partial charge in [0.2, 0.25) is 0 Å². The van der Waals surface area contributed by atoms with Gasteiger partial charge in [-0.1, -0.05) is 22.0 Å². The second-order valence-corrected chi connectivity index (χ2v) is 4.17. The van der Waals surface area contributed by atoms with Crippen molar-refractivity contribution in [3.8, 4) is 0 Å². The lowest BCUT2D eigenvalue weighted by atomic mass is 10.1. The van der Waals surface area contributed by atoms with Gasteiger partial charge in [0.1, 0.15) is 0 Å². The first-order valence-corrected chi connectivity index (χ1v) is 5.19. The maximum Gasteiger partial charge on any atom is 0.0996 e. The molecule has 1 aromatic heterocycles. The first kappa shape index (κ1) is 9.68. The Morgan fingerprint density at radius 3 is 2.86 bits per heavy atom. The van der Waals surface area contributed by atoms with Crippen molar-refractivity contribution >= 4 is 26.8 Å². The van der Waals surface area contributed by atoms with Gasteiger partial charge in [-0.2, -0.15) is 5.10 Å². The van der Waals surface area contributed by atoms with E-state index in [2.05, 4.69) is 21.0 Å². The lowest BCUT2D eigenvalue weighted by Crippen LogP contribution is -1.95. The molecule has 0 saturated carbocycles. The van der Waals surface area contributed by atoms with E-state index in [0.29, 0.717) is 0 Å². The molecular weight excluding hydrogens is 244 g/mol. The first-order valence-electron chi connectivity index (χ1n) is 4.40. The number of nitrogens with zero attached hydrogens (tertiary/aromatic N) is 2. The summed E-state index contributed by atoms with van der Waals surface area (Å²) < 4.78 is 2.75. The number of rotatable bonds is 1. The third-order valence-electron chi connectivity index (χ3n) is 2.25. The summed E-state index contributed by atoms with van der Waals surface area (Å²) in [5.41, 5.74) is 1.74. The number of fused-ring (bicyclic) bond motifs is 1. The number of hydrogen-bond acceptors (Lipinski definition) is 2. The van der Waals surface area contributed by atoms with Crippen LogP contribution in [-0.2, 0) is 7.05 Å². The van der Waals surface area contributed by atoms with Crippen LogP contribution in [0.25, 0.3) is 10.9 Å². The monoisotopic (exact) mass is 254 g/mol. The number of aromatic nitrogens is 2. The number of halogens is 1. The highest BCUT2D eigenvalue weighted by Gasteiger charge is 2.14.